The molecule has 1 aromatic heterocycles. The molecule has 0 fully saturated rings. The van der Waals surface area contributed by atoms with E-state index >= 15 is 0 Å². The first-order chi connectivity index (χ1) is 18.8. The number of aliphatic hydroxyl groups is 1. The van der Waals surface area contributed by atoms with Gasteiger partial charge in [0.05, 0.1) is 24.8 Å². The Kier molecular flexibility index (Phi) is 8.27. The molecule has 0 spiro atoms. The van der Waals surface area contributed by atoms with Gasteiger partial charge in [0.2, 0.25) is 11.7 Å². The number of ether oxygens (including phenoxy) is 2. The van der Waals surface area contributed by atoms with Crippen LogP contribution in [0.3, 0.4) is 0 Å². The molecule has 11 nitrogen and oxygen atoms in total. The fraction of sp³-hybridized carbons (Fsp3) is 0.0741. The van der Waals surface area contributed by atoms with E-state index in [0.29, 0.717) is 11.1 Å². The number of carbonyl (C=O) groups is 1. The second-order valence-electron chi connectivity index (χ2n) is 7.84. The number of Topliss-reactive ketones (excluding diaryl/α,β-unsaturated/α-hetero) is 1. The van der Waals surface area contributed by atoms with Gasteiger partial charge < -0.3 is 14.6 Å². The summed E-state index contributed by atoms with van der Waals surface area (Å²) in [4.78, 5) is 20.9. The van der Waals surface area contributed by atoms with Gasteiger partial charge in [0, 0.05) is 17.2 Å². The van der Waals surface area contributed by atoms with Crippen LogP contribution in [0.5, 0.6) is 11.9 Å². The summed E-state index contributed by atoms with van der Waals surface area (Å²) in [5.74, 6) is -0.803. The lowest BCUT2D eigenvalue weighted by Crippen LogP contribution is -2.14. The van der Waals surface area contributed by atoms with Crippen molar-refractivity contribution in [3.05, 3.63) is 108 Å². The number of sulfonamides is 1. The molecule has 1 heterocycles. The predicted molar refractivity (Wildman–Crippen MR) is 144 cm³/mol. The minimum atomic E-state index is -4.04. The maximum Gasteiger partial charge on any atom is 0.321 e. The Morgan fingerprint density at radius 1 is 0.846 bits per heavy atom. The van der Waals surface area contributed by atoms with Crippen molar-refractivity contribution in [3.63, 3.8) is 0 Å². The number of nitrogens with zero attached hydrogens (tertiary/aromatic N) is 4. The number of ketones is 1. The van der Waals surface area contributed by atoms with Gasteiger partial charge in [0.1, 0.15) is 0 Å². The maximum absolute atomic E-state index is 13.1. The Labute approximate surface area is 224 Å². The van der Waals surface area contributed by atoms with Crippen LogP contribution < -0.4 is 14.2 Å². The summed E-state index contributed by atoms with van der Waals surface area (Å²) in [6.45, 7) is 0. The second-order valence-corrected chi connectivity index (χ2v) is 9.52. The summed E-state index contributed by atoms with van der Waals surface area (Å²) < 4.78 is 38.1. The SMILES string of the molecule is COc1cc(NS(=O)(=O)c2ccc(N=N/C(C(=O)c3ccccc3)=C(/O)c3ccccc3)cc2)nc(OC)n1. The lowest BCUT2D eigenvalue weighted by molar-refractivity contribution is 0.103. The Balaban J connectivity index is 1.61. The first-order valence-corrected chi connectivity index (χ1v) is 12.9. The Morgan fingerprint density at radius 3 is 2.05 bits per heavy atom. The van der Waals surface area contributed by atoms with Crippen molar-refractivity contribution in [1.82, 2.24) is 9.97 Å². The van der Waals surface area contributed by atoms with Gasteiger partial charge in [-0.05, 0) is 24.3 Å². The summed E-state index contributed by atoms with van der Waals surface area (Å²) in [5, 5.41) is 19.0. The predicted octanol–water partition coefficient (Wildman–Crippen LogP) is 5.19. The molecule has 0 saturated carbocycles. The molecule has 4 aromatic rings. The van der Waals surface area contributed by atoms with Crippen LogP contribution in [0.15, 0.2) is 112 Å². The molecule has 0 aliphatic rings. The van der Waals surface area contributed by atoms with Crippen molar-refractivity contribution < 1.29 is 27.8 Å². The zero-order valence-corrected chi connectivity index (χ0v) is 21.7. The van der Waals surface area contributed by atoms with Crippen molar-refractivity contribution in [2.24, 2.45) is 10.2 Å². The highest BCUT2D eigenvalue weighted by Crippen LogP contribution is 2.25. The number of aliphatic hydroxyl groups excluding tert-OH is 1. The molecule has 3 aromatic carbocycles. The zero-order chi connectivity index (χ0) is 27.8. The molecule has 0 radical (unpaired) electrons. The van der Waals surface area contributed by atoms with E-state index < -0.39 is 15.8 Å². The zero-order valence-electron chi connectivity index (χ0n) is 20.8. The number of hydrogen-bond donors (Lipinski definition) is 2. The molecule has 0 bridgehead atoms. The van der Waals surface area contributed by atoms with Crippen molar-refractivity contribution in [2.45, 2.75) is 4.90 Å². The number of hydrogen-bond acceptors (Lipinski definition) is 10. The molecule has 0 atom stereocenters. The Bertz CT molecular complexity index is 1600. The van der Waals surface area contributed by atoms with Crippen LogP contribution in [0.2, 0.25) is 0 Å². The van der Waals surface area contributed by atoms with Crippen LogP contribution >= 0.6 is 0 Å². The van der Waals surface area contributed by atoms with Crippen molar-refractivity contribution in [1.29, 1.82) is 0 Å². The number of carbonyl (C=O) groups excluding carboxylic acids is 1. The van der Waals surface area contributed by atoms with Crippen molar-refractivity contribution >= 4 is 33.1 Å². The molecule has 2 N–H and O–H groups in total. The average molecular weight is 546 g/mol. The highest BCUT2D eigenvalue weighted by molar-refractivity contribution is 7.92. The lowest BCUT2D eigenvalue weighted by Gasteiger charge is -2.09. The van der Waals surface area contributed by atoms with Gasteiger partial charge >= 0.3 is 6.01 Å². The molecule has 0 amide bonds. The second kappa shape index (κ2) is 12.0. The first kappa shape index (κ1) is 26.9. The standard InChI is InChI=1S/C27H23N5O6S/c1-37-23-17-22(28-27(29-23)38-2)32-39(35,36)21-15-13-20(14-16-21)30-31-24(25(33)18-9-5-3-6-10-18)26(34)19-11-7-4-8-12-19/h3-17,33H,1-2H3,(H,28,29,32)/b25-24+,31-30?. The van der Waals surface area contributed by atoms with Crippen molar-refractivity contribution in [3.8, 4) is 11.9 Å². The van der Waals surface area contributed by atoms with E-state index in [-0.39, 0.29) is 39.7 Å². The number of rotatable bonds is 10. The number of anilines is 1. The van der Waals surface area contributed by atoms with Gasteiger partial charge in [-0.3, -0.25) is 9.52 Å². The van der Waals surface area contributed by atoms with Crippen LogP contribution in [0, 0.1) is 0 Å². The van der Waals surface area contributed by atoms with Crippen LogP contribution in [0.1, 0.15) is 15.9 Å². The number of nitrogens with one attached hydrogen (secondary N) is 1. The fourth-order valence-electron chi connectivity index (χ4n) is 3.31. The molecule has 12 heteroatoms. The average Bonchev–Trinajstić information content (AvgIpc) is 2.97. The van der Waals surface area contributed by atoms with Gasteiger partial charge in [0.15, 0.2) is 17.3 Å². The molecule has 39 heavy (non-hydrogen) atoms. The molecule has 0 saturated heterocycles. The first-order valence-electron chi connectivity index (χ1n) is 11.4. The molecular formula is C27H23N5O6S. The molecule has 198 valence electrons. The number of benzene rings is 3. The third-order valence-electron chi connectivity index (χ3n) is 5.25. The van der Waals surface area contributed by atoms with Crippen LogP contribution in [0.25, 0.3) is 5.76 Å². The van der Waals surface area contributed by atoms with E-state index in [1.807, 2.05) is 0 Å². The molecule has 0 unspecified atom stereocenters. The van der Waals surface area contributed by atoms with Crippen molar-refractivity contribution in [2.75, 3.05) is 18.9 Å². The van der Waals surface area contributed by atoms with Crippen LogP contribution in [-0.4, -0.2) is 43.5 Å². The summed E-state index contributed by atoms with van der Waals surface area (Å²) >= 11 is 0. The highest BCUT2D eigenvalue weighted by Gasteiger charge is 2.19. The number of methoxy groups -OCH3 is 2. The van der Waals surface area contributed by atoms with E-state index in [4.69, 9.17) is 9.47 Å². The van der Waals surface area contributed by atoms with E-state index in [9.17, 15) is 18.3 Å². The Hall–Kier alpha value is -5.10. The maximum atomic E-state index is 13.1. The fourth-order valence-corrected chi connectivity index (χ4v) is 4.30. The largest absolute Gasteiger partial charge is 0.505 e. The minimum absolute atomic E-state index is 0.0481. The van der Waals surface area contributed by atoms with E-state index in [1.54, 1.807) is 60.7 Å². The molecule has 4 rings (SSSR count). The van der Waals surface area contributed by atoms with Gasteiger partial charge in [-0.25, -0.2) is 8.42 Å². The van der Waals surface area contributed by atoms with Crippen LogP contribution in [-0.2, 0) is 10.0 Å². The van der Waals surface area contributed by atoms with Gasteiger partial charge in [-0.2, -0.15) is 15.1 Å². The third-order valence-corrected chi connectivity index (χ3v) is 6.62. The lowest BCUT2D eigenvalue weighted by atomic mass is 10.1. The Morgan fingerprint density at radius 2 is 1.46 bits per heavy atom. The highest BCUT2D eigenvalue weighted by atomic mass is 32.2. The van der Waals surface area contributed by atoms with Crippen LogP contribution in [0.4, 0.5) is 11.5 Å². The number of azo groups is 1. The molecule has 0 aliphatic heterocycles. The normalized spacial score (nSPS) is 12.1. The van der Waals surface area contributed by atoms with Gasteiger partial charge in [-0.1, -0.05) is 60.7 Å². The smallest absolute Gasteiger partial charge is 0.321 e. The quantitative estimate of drug-likeness (QED) is 0.120. The van der Waals surface area contributed by atoms with Gasteiger partial charge in [0.25, 0.3) is 10.0 Å². The summed E-state index contributed by atoms with van der Waals surface area (Å²) in [7, 11) is -1.32. The molecule has 0 aliphatic carbocycles. The van der Waals surface area contributed by atoms with E-state index in [0.717, 1.165) is 0 Å². The molecular weight excluding hydrogens is 522 g/mol. The minimum Gasteiger partial charge on any atom is -0.505 e. The summed E-state index contributed by atoms with van der Waals surface area (Å²) in [6, 6.07) is 23.5. The van der Waals surface area contributed by atoms with Gasteiger partial charge in [-0.15, -0.1) is 5.11 Å². The summed E-state index contributed by atoms with van der Waals surface area (Å²) in [5.41, 5.74) is 0.691. The van der Waals surface area contributed by atoms with E-state index in [2.05, 4.69) is 24.9 Å². The monoisotopic (exact) mass is 545 g/mol. The summed E-state index contributed by atoms with van der Waals surface area (Å²) in [6.07, 6.45) is 0. The van der Waals surface area contributed by atoms with E-state index in [1.165, 1.54) is 44.6 Å². The third kappa shape index (κ3) is 6.62. The topological polar surface area (TPSA) is 152 Å². The number of aromatic nitrogens is 2. The number of allylic oxidation sites excluding steroid dienone is 1.